The highest BCUT2D eigenvalue weighted by atomic mass is 32.2. The van der Waals surface area contributed by atoms with Crippen LogP contribution < -0.4 is 5.32 Å². The van der Waals surface area contributed by atoms with Gasteiger partial charge in [0.05, 0.1) is 11.4 Å². The first kappa shape index (κ1) is 16.5. The van der Waals surface area contributed by atoms with Crippen LogP contribution in [0.3, 0.4) is 0 Å². The van der Waals surface area contributed by atoms with E-state index in [4.69, 9.17) is 0 Å². The quantitative estimate of drug-likeness (QED) is 0.827. The number of rotatable bonds is 6. The van der Waals surface area contributed by atoms with E-state index in [9.17, 15) is 4.79 Å². The highest BCUT2D eigenvalue weighted by Gasteiger charge is 2.14. The first-order valence-corrected chi connectivity index (χ1v) is 8.28. The summed E-state index contributed by atoms with van der Waals surface area (Å²) in [6.45, 7) is 8.07. The topological polar surface area (TPSA) is 72.7 Å². The van der Waals surface area contributed by atoms with E-state index in [1.165, 1.54) is 11.8 Å². The minimum absolute atomic E-state index is 0.00476. The molecule has 0 spiro atoms. The second-order valence-corrected chi connectivity index (χ2v) is 6.27. The molecule has 7 heteroatoms. The number of carbonyl (C=O) groups excluding carboxylic acids is 1. The van der Waals surface area contributed by atoms with Gasteiger partial charge in [0.2, 0.25) is 11.1 Å². The number of amides is 1. The number of nitrogens with one attached hydrogen (secondary N) is 1. The standard InChI is InChI=1S/C15H21N5OS/c1-5-12(4)16-14(21)9-22-15-17-18-19-20(15)13-8-10(2)6-7-11(13)3/h6-8,12H,5,9H2,1-4H3,(H,16,21)/t12-/m0/s1. The first-order valence-electron chi connectivity index (χ1n) is 7.29. The molecule has 1 heterocycles. The number of aromatic nitrogens is 4. The predicted octanol–water partition coefficient (Wildman–Crippen LogP) is 2.29. The average molecular weight is 319 g/mol. The van der Waals surface area contributed by atoms with Crippen LogP contribution >= 0.6 is 11.8 Å². The monoisotopic (exact) mass is 319 g/mol. The minimum Gasteiger partial charge on any atom is -0.353 e. The van der Waals surface area contributed by atoms with Crippen molar-refractivity contribution in [2.45, 2.75) is 45.3 Å². The second kappa shape index (κ2) is 7.40. The summed E-state index contributed by atoms with van der Waals surface area (Å²) in [6, 6.07) is 6.31. The molecule has 0 saturated heterocycles. The van der Waals surface area contributed by atoms with Gasteiger partial charge in [-0.15, -0.1) is 5.10 Å². The lowest BCUT2D eigenvalue weighted by molar-refractivity contribution is -0.119. The average Bonchev–Trinajstić information content (AvgIpc) is 2.95. The maximum atomic E-state index is 11.9. The highest BCUT2D eigenvalue weighted by Crippen LogP contribution is 2.21. The Morgan fingerprint density at radius 3 is 2.91 bits per heavy atom. The van der Waals surface area contributed by atoms with E-state index in [0.717, 1.165) is 23.2 Å². The van der Waals surface area contributed by atoms with Gasteiger partial charge in [0.1, 0.15) is 0 Å². The number of nitrogens with zero attached hydrogens (tertiary/aromatic N) is 4. The minimum atomic E-state index is -0.00476. The Hall–Kier alpha value is -1.89. The molecule has 0 aliphatic rings. The number of aryl methyl sites for hydroxylation is 2. The van der Waals surface area contributed by atoms with E-state index in [1.807, 2.05) is 39.8 Å². The normalized spacial score (nSPS) is 12.2. The zero-order chi connectivity index (χ0) is 16.1. The van der Waals surface area contributed by atoms with Crippen LogP contribution in [0.5, 0.6) is 0 Å². The van der Waals surface area contributed by atoms with Crippen molar-refractivity contribution in [1.82, 2.24) is 25.5 Å². The summed E-state index contributed by atoms with van der Waals surface area (Å²) in [4.78, 5) is 11.9. The van der Waals surface area contributed by atoms with E-state index < -0.39 is 0 Å². The van der Waals surface area contributed by atoms with Gasteiger partial charge in [0, 0.05) is 6.04 Å². The van der Waals surface area contributed by atoms with E-state index >= 15 is 0 Å². The molecule has 1 atom stereocenters. The second-order valence-electron chi connectivity index (χ2n) is 5.33. The van der Waals surface area contributed by atoms with E-state index in [-0.39, 0.29) is 11.9 Å². The fraction of sp³-hybridized carbons (Fsp3) is 0.467. The van der Waals surface area contributed by atoms with Gasteiger partial charge in [-0.3, -0.25) is 4.79 Å². The maximum absolute atomic E-state index is 11.9. The fourth-order valence-electron chi connectivity index (χ4n) is 1.92. The van der Waals surface area contributed by atoms with Crippen LogP contribution in [-0.2, 0) is 4.79 Å². The highest BCUT2D eigenvalue weighted by molar-refractivity contribution is 7.99. The van der Waals surface area contributed by atoms with Crippen molar-refractivity contribution in [1.29, 1.82) is 0 Å². The van der Waals surface area contributed by atoms with Crippen molar-refractivity contribution in [2.24, 2.45) is 0 Å². The summed E-state index contributed by atoms with van der Waals surface area (Å²) in [5.41, 5.74) is 3.17. The number of hydrogen-bond acceptors (Lipinski definition) is 5. The number of benzene rings is 1. The molecule has 2 rings (SSSR count). The Bertz CT molecular complexity index is 655. The molecule has 1 aromatic carbocycles. The fourth-order valence-corrected chi connectivity index (χ4v) is 2.61. The molecule has 6 nitrogen and oxygen atoms in total. The third kappa shape index (κ3) is 4.07. The molecule has 0 radical (unpaired) electrons. The molecule has 1 amide bonds. The Balaban J connectivity index is 2.10. The lowest BCUT2D eigenvalue weighted by Crippen LogP contribution is -2.33. The van der Waals surface area contributed by atoms with Crippen molar-refractivity contribution >= 4 is 17.7 Å². The van der Waals surface area contributed by atoms with Crippen molar-refractivity contribution in [3.8, 4) is 5.69 Å². The van der Waals surface area contributed by atoms with Crippen molar-refractivity contribution in [3.63, 3.8) is 0 Å². The molecule has 0 saturated carbocycles. The molecular formula is C15H21N5OS. The van der Waals surface area contributed by atoms with Crippen LogP contribution in [-0.4, -0.2) is 37.9 Å². The summed E-state index contributed by atoms with van der Waals surface area (Å²) < 4.78 is 1.68. The third-order valence-corrected chi connectivity index (χ3v) is 4.31. The van der Waals surface area contributed by atoms with Crippen molar-refractivity contribution in [2.75, 3.05) is 5.75 Å². The van der Waals surface area contributed by atoms with Crippen LogP contribution in [0.4, 0.5) is 0 Å². The number of tetrazole rings is 1. The summed E-state index contributed by atoms with van der Waals surface area (Å²) >= 11 is 1.34. The summed E-state index contributed by atoms with van der Waals surface area (Å²) in [5, 5.41) is 15.4. The molecule has 2 aromatic rings. The van der Waals surface area contributed by atoms with E-state index in [2.05, 4.69) is 26.9 Å². The molecule has 1 aromatic heterocycles. The lowest BCUT2D eigenvalue weighted by Gasteiger charge is -2.11. The van der Waals surface area contributed by atoms with Gasteiger partial charge >= 0.3 is 0 Å². The molecule has 0 aliphatic carbocycles. The third-order valence-electron chi connectivity index (χ3n) is 3.39. The maximum Gasteiger partial charge on any atom is 0.230 e. The number of thioether (sulfide) groups is 1. The van der Waals surface area contributed by atoms with Crippen LogP contribution in [0, 0.1) is 13.8 Å². The van der Waals surface area contributed by atoms with Gasteiger partial charge in [0.15, 0.2) is 0 Å². The largest absolute Gasteiger partial charge is 0.353 e. The number of carbonyl (C=O) groups is 1. The Labute approximate surface area is 134 Å². The van der Waals surface area contributed by atoms with Crippen LogP contribution in [0.1, 0.15) is 31.4 Å². The lowest BCUT2D eigenvalue weighted by atomic mass is 10.1. The molecule has 0 bridgehead atoms. The Morgan fingerprint density at radius 2 is 2.18 bits per heavy atom. The van der Waals surface area contributed by atoms with Crippen LogP contribution in [0.25, 0.3) is 5.69 Å². The van der Waals surface area contributed by atoms with Gasteiger partial charge in [-0.05, 0) is 54.8 Å². The van der Waals surface area contributed by atoms with Crippen molar-refractivity contribution in [3.05, 3.63) is 29.3 Å². The Morgan fingerprint density at radius 1 is 1.41 bits per heavy atom. The van der Waals surface area contributed by atoms with Crippen LogP contribution in [0.15, 0.2) is 23.4 Å². The van der Waals surface area contributed by atoms with Gasteiger partial charge in [-0.25, -0.2) is 0 Å². The summed E-state index contributed by atoms with van der Waals surface area (Å²) in [7, 11) is 0. The Kier molecular flexibility index (Phi) is 5.54. The molecule has 0 fully saturated rings. The van der Waals surface area contributed by atoms with Gasteiger partial charge in [-0.2, -0.15) is 4.68 Å². The predicted molar refractivity (Wildman–Crippen MR) is 87.2 cm³/mol. The van der Waals surface area contributed by atoms with Gasteiger partial charge in [0.25, 0.3) is 0 Å². The van der Waals surface area contributed by atoms with E-state index in [1.54, 1.807) is 4.68 Å². The van der Waals surface area contributed by atoms with Gasteiger partial charge < -0.3 is 5.32 Å². The zero-order valence-electron chi connectivity index (χ0n) is 13.3. The van der Waals surface area contributed by atoms with E-state index in [0.29, 0.717) is 10.9 Å². The molecular weight excluding hydrogens is 298 g/mol. The van der Waals surface area contributed by atoms with Gasteiger partial charge in [-0.1, -0.05) is 30.8 Å². The van der Waals surface area contributed by atoms with Crippen molar-refractivity contribution < 1.29 is 4.79 Å². The van der Waals surface area contributed by atoms with Crippen LogP contribution in [0.2, 0.25) is 0 Å². The first-order chi connectivity index (χ1) is 10.5. The molecule has 1 N–H and O–H groups in total. The summed E-state index contributed by atoms with van der Waals surface area (Å²) in [6.07, 6.45) is 0.913. The molecule has 0 aliphatic heterocycles. The molecule has 118 valence electrons. The smallest absolute Gasteiger partial charge is 0.230 e. The number of hydrogen-bond donors (Lipinski definition) is 1. The zero-order valence-corrected chi connectivity index (χ0v) is 14.1. The molecule has 0 unspecified atom stereocenters. The molecule has 22 heavy (non-hydrogen) atoms. The summed E-state index contributed by atoms with van der Waals surface area (Å²) in [5.74, 6) is 0.296. The SMILES string of the molecule is CC[C@H](C)NC(=O)CSc1nnnn1-c1cc(C)ccc1C.